The Labute approximate surface area is 177 Å². The topological polar surface area (TPSA) is 88.4 Å². The van der Waals surface area contributed by atoms with E-state index in [0.717, 1.165) is 22.9 Å². The molecule has 0 spiro atoms. The van der Waals surface area contributed by atoms with Crippen LogP contribution in [-0.4, -0.2) is 14.3 Å². The number of carbonyl (C=O) groups is 1. The Morgan fingerprint density at radius 1 is 1.03 bits per heavy atom. The van der Waals surface area contributed by atoms with Crippen LogP contribution in [0.3, 0.4) is 0 Å². The summed E-state index contributed by atoms with van der Waals surface area (Å²) in [6, 6.07) is 17.0. The molecular weight excluding hydrogens is 456 g/mol. The van der Waals surface area contributed by atoms with Crippen molar-refractivity contribution in [2.45, 2.75) is 29.7 Å². The molecule has 3 aromatic rings. The predicted molar refractivity (Wildman–Crippen MR) is 113 cm³/mol. The lowest BCUT2D eigenvalue weighted by molar-refractivity contribution is -0.123. The molecule has 0 saturated heterocycles. The average molecular weight is 475 g/mol. The molecule has 150 valence electrons. The maximum Gasteiger partial charge on any atom is 0.261 e. The highest BCUT2D eigenvalue weighted by Crippen LogP contribution is 2.48. The third-order valence-electron chi connectivity index (χ3n) is 5.00. The number of nitrogens with one attached hydrogen (secondary N) is 2. The minimum Gasteiger partial charge on any atom is -0.467 e. The van der Waals surface area contributed by atoms with Crippen molar-refractivity contribution in [2.24, 2.45) is 0 Å². The zero-order chi connectivity index (χ0) is 20.5. The smallest absolute Gasteiger partial charge is 0.261 e. The molecule has 4 rings (SSSR count). The number of halogens is 1. The van der Waals surface area contributed by atoms with Crippen LogP contribution < -0.4 is 10.0 Å². The van der Waals surface area contributed by atoms with E-state index >= 15 is 0 Å². The Hall–Kier alpha value is -2.58. The van der Waals surface area contributed by atoms with Crippen LogP contribution in [-0.2, 0) is 26.8 Å². The summed E-state index contributed by atoms with van der Waals surface area (Å²) >= 11 is 3.29. The molecule has 0 aliphatic heterocycles. The lowest BCUT2D eigenvalue weighted by Gasteiger charge is -2.16. The van der Waals surface area contributed by atoms with Crippen molar-refractivity contribution < 1.29 is 17.6 Å². The molecule has 2 aromatic carbocycles. The monoisotopic (exact) mass is 474 g/mol. The summed E-state index contributed by atoms with van der Waals surface area (Å²) < 4.78 is 33.6. The fraction of sp³-hybridized carbons (Fsp3) is 0.190. The van der Waals surface area contributed by atoms with E-state index in [-0.39, 0.29) is 10.8 Å². The number of furan rings is 1. The maximum absolute atomic E-state index is 12.7. The molecule has 0 unspecified atom stereocenters. The summed E-state index contributed by atoms with van der Waals surface area (Å²) in [5.41, 5.74) is 0.778. The first-order chi connectivity index (χ1) is 13.9. The van der Waals surface area contributed by atoms with Gasteiger partial charge < -0.3 is 9.73 Å². The fourth-order valence-corrected chi connectivity index (χ4v) is 4.53. The van der Waals surface area contributed by atoms with Crippen molar-refractivity contribution in [1.82, 2.24) is 5.32 Å². The van der Waals surface area contributed by atoms with Crippen LogP contribution in [0.1, 0.15) is 24.2 Å². The van der Waals surface area contributed by atoms with Crippen molar-refractivity contribution in [3.8, 4) is 0 Å². The van der Waals surface area contributed by atoms with Gasteiger partial charge in [-0.15, -0.1) is 0 Å². The van der Waals surface area contributed by atoms with Gasteiger partial charge in [0.25, 0.3) is 10.0 Å². The van der Waals surface area contributed by atoms with E-state index in [1.807, 2.05) is 6.07 Å². The Morgan fingerprint density at radius 2 is 1.72 bits per heavy atom. The van der Waals surface area contributed by atoms with E-state index in [1.54, 1.807) is 48.7 Å². The summed E-state index contributed by atoms with van der Waals surface area (Å²) in [5, 5.41) is 2.92. The zero-order valence-electron chi connectivity index (χ0n) is 15.4. The minimum atomic E-state index is -3.67. The van der Waals surface area contributed by atoms with Gasteiger partial charge in [-0.1, -0.05) is 28.1 Å². The maximum atomic E-state index is 12.7. The molecule has 1 fully saturated rings. The van der Waals surface area contributed by atoms with Gasteiger partial charge in [0.15, 0.2) is 0 Å². The summed E-state index contributed by atoms with van der Waals surface area (Å²) in [5.74, 6) is 0.656. The number of carbonyl (C=O) groups excluding carboxylic acids is 1. The van der Waals surface area contributed by atoms with Crippen LogP contribution in [0, 0.1) is 0 Å². The van der Waals surface area contributed by atoms with Gasteiger partial charge in [0.1, 0.15) is 5.76 Å². The van der Waals surface area contributed by atoms with Gasteiger partial charge in [0, 0.05) is 10.2 Å². The second-order valence-corrected chi connectivity index (χ2v) is 9.58. The largest absolute Gasteiger partial charge is 0.467 e. The molecule has 0 bridgehead atoms. The molecular formula is C21H19BrN2O4S. The molecule has 0 radical (unpaired) electrons. The van der Waals surface area contributed by atoms with Crippen LogP contribution in [0.15, 0.2) is 80.7 Å². The third-order valence-corrected chi connectivity index (χ3v) is 6.93. The number of sulfonamides is 1. The quantitative estimate of drug-likeness (QED) is 0.537. The number of hydrogen-bond donors (Lipinski definition) is 2. The summed E-state index contributed by atoms with van der Waals surface area (Å²) in [6.07, 6.45) is 3.10. The molecule has 0 atom stereocenters. The second kappa shape index (κ2) is 7.68. The lowest BCUT2D eigenvalue weighted by Crippen LogP contribution is -2.34. The Balaban J connectivity index is 1.44. The van der Waals surface area contributed by atoms with Crippen LogP contribution in [0.5, 0.6) is 0 Å². The zero-order valence-corrected chi connectivity index (χ0v) is 17.8. The van der Waals surface area contributed by atoms with Crippen LogP contribution in [0.4, 0.5) is 5.69 Å². The number of benzene rings is 2. The third kappa shape index (κ3) is 4.23. The van der Waals surface area contributed by atoms with E-state index in [2.05, 4.69) is 26.0 Å². The molecule has 1 aliphatic rings. The van der Waals surface area contributed by atoms with Crippen molar-refractivity contribution in [3.05, 3.63) is 82.7 Å². The molecule has 2 N–H and O–H groups in total. The normalized spacial score (nSPS) is 14.9. The number of hydrogen-bond acceptors (Lipinski definition) is 4. The number of amides is 1. The number of anilines is 1. The summed E-state index contributed by atoms with van der Waals surface area (Å²) in [4.78, 5) is 12.9. The highest BCUT2D eigenvalue weighted by Gasteiger charge is 2.51. The molecule has 1 aliphatic carbocycles. The van der Waals surface area contributed by atoms with Gasteiger partial charge >= 0.3 is 0 Å². The molecule has 1 aromatic heterocycles. The van der Waals surface area contributed by atoms with E-state index in [9.17, 15) is 13.2 Å². The highest BCUT2D eigenvalue weighted by molar-refractivity contribution is 9.10. The Kier molecular flexibility index (Phi) is 5.23. The predicted octanol–water partition coefficient (Wildman–Crippen LogP) is 4.19. The van der Waals surface area contributed by atoms with Gasteiger partial charge in [-0.05, 0) is 66.9 Å². The minimum absolute atomic E-state index is 0.0444. The first kappa shape index (κ1) is 19.7. The molecule has 1 saturated carbocycles. The van der Waals surface area contributed by atoms with E-state index in [0.29, 0.717) is 18.0 Å². The standard InChI is InChI=1S/C21H19BrN2O4S/c22-16-5-9-19(10-6-16)29(26,27)24-17-7-3-15(4-8-17)21(11-12-21)20(25)23-14-18-2-1-13-28-18/h1-10,13,24H,11-12,14H2,(H,23,25). The van der Waals surface area contributed by atoms with Gasteiger partial charge in [-0.3, -0.25) is 9.52 Å². The van der Waals surface area contributed by atoms with E-state index in [4.69, 9.17) is 4.42 Å². The van der Waals surface area contributed by atoms with Gasteiger partial charge in [0.2, 0.25) is 5.91 Å². The van der Waals surface area contributed by atoms with Crippen molar-refractivity contribution in [2.75, 3.05) is 4.72 Å². The van der Waals surface area contributed by atoms with Crippen molar-refractivity contribution in [1.29, 1.82) is 0 Å². The van der Waals surface area contributed by atoms with Crippen molar-refractivity contribution >= 4 is 37.5 Å². The Bertz CT molecular complexity index is 1100. The highest BCUT2D eigenvalue weighted by atomic mass is 79.9. The fourth-order valence-electron chi connectivity index (χ4n) is 3.21. The van der Waals surface area contributed by atoms with Gasteiger partial charge in [0.05, 0.1) is 23.1 Å². The molecule has 6 nitrogen and oxygen atoms in total. The number of rotatable bonds is 7. The van der Waals surface area contributed by atoms with Crippen molar-refractivity contribution in [3.63, 3.8) is 0 Å². The SMILES string of the molecule is O=C(NCc1ccco1)C1(c2ccc(NS(=O)(=O)c3ccc(Br)cc3)cc2)CC1. The first-order valence-electron chi connectivity index (χ1n) is 9.09. The molecule has 29 heavy (non-hydrogen) atoms. The van der Waals surface area contributed by atoms with Gasteiger partial charge in [-0.25, -0.2) is 8.42 Å². The lowest BCUT2D eigenvalue weighted by atomic mass is 9.95. The van der Waals surface area contributed by atoms with Crippen LogP contribution in [0.25, 0.3) is 0 Å². The first-order valence-corrected chi connectivity index (χ1v) is 11.4. The second-order valence-electron chi connectivity index (χ2n) is 6.98. The van der Waals surface area contributed by atoms with Crippen LogP contribution >= 0.6 is 15.9 Å². The summed E-state index contributed by atoms with van der Waals surface area (Å²) in [7, 11) is -3.67. The average Bonchev–Trinajstić information content (AvgIpc) is 3.35. The Morgan fingerprint density at radius 3 is 2.31 bits per heavy atom. The van der Waals surface area contributed by atoms with E-state index in [1.165, 1.54) is 12.1 Å². The molecule has 8 heteroatoms. The van der Waals surface area contributed by atoms with Crippen LogP contribution in [0.2, 0.25) is 0 Å². The molecule has 1 amide bonds. The summed E-state index contributed by atoms with van der Waals surface area (Å²) in [6.45, 7) is 0.346. The van der Waals surface area contributed by atoms with E-state index < -0.39 is 15.4 Å². The molecule has 1 heterocycles. The van der Waals surface area contributed by atoms with Gasteiger partial charge in [-0.2, -0.15) is 0 Å².